The Bertz CT molecular complexity index is 175. The molecule has 1 nitrogen and oxygen atoms in total. The lowest BCUT2D eigenvalue weighted by Crippen LogP contribution is -1.69. The van der Waals surface area contributed by atoms with Crippen LogP contribution in [0.2, 0.25) is 0 Å². The van der Waals surface area contributed by atoms with Crippen molar-refractivity contribution in [1.29, 1.82) is 0 Å². The maximum Gasteiger partial charge on any atom is 0.0909 e. The Morgan fingerprint density at radius 3 is 1.58 bits per heavy atom. The molecule has 1 aromatic rings. The fraction of sp³-hybridized carbons (Fsp3) is 0.667. The zero-order valence-electron chi connectivity index (χ0n) is 8.80. The Labute approximate surface area is 85.6 Å². The van der Waals surface area contributed by atoms with Crippen LogP contribution in [0.15, 0.2) is 4.21 Å². The van der Waals surface area contributed by atoms with Gasteiger partial charge in [-0.3, -0.25) is 0 Å². The molecule has 1 rings (SSSR count). The topological polar surface area (TPSA) is 12.9 Å². The second-order valence-electron chi connectivity index (χ2n) is 1.62. The van der Waals surface area contributed by atoms with Crippen LogP contribution in [0.4, 0.5) is 0 Å². The molecule has 0 spiro atoms. The van der Waals surface area contributed by atoms with Crippen LogP contribution in [0.5, 0.6) is 0 Å². The molecule has 0 N–H and O–H groups in total. The summed E-state index contributed by atoms with van der Waals surface area (Å²) in [4.78, 5) is 4.15. The van der Waals surface area contributed by atoms with E-state index in [2.05, 4.69) is 17.6 Å². The smallest absolute Gasteiger partial charge is 0.0909 e. The Morgan fingerprint density at radius 2 is 1.50 bits per heavy atom. The number of thiazole rings is 1. The molecule has 0 fully saturated rings. The Balaban J connectivity index is 0. The third kappa shape index (κ3) is 5.61. The van der Waals surface area contributed by atoms with Crippen LogP contribution in [-0.4, -0.2) is 4.98 Å². The van der Waals surface area contributed by atoms with Crippen molar-refractivity contribution < 1.29 is 0 Å². The van der Waals surface area contributed by atoms with E-state index in [9.17, 15) is 0 Å². The van der Waals surface area contributed by atoms with Crippen molar-refractivity contribution in [3.63, 3.8) is 0 Å². The molecule has 0 aromatic carbocycles. The molecule has 72 valence electrons. The van der Waals surface area contributed by atoms with E-state index in [1.165, 1.54) is 0 Å². The van der Waals surface area contributed by atoms with Crippen molar-refractivity contribution in [2.75, 3.05) is 0 Å². The fourth-order valence-electron chi connectivity index (χ4n) is 0.521. The molecule has 0 atom stereocenters. The van der Waals surface area contributed by atoms with Crippen LogP contribution in [0, 0.1) is 13.8 Å². The zero-order valence-corrected chi connectivity index (χ0v) is 10.5. The summed E-state index contributed by atoms with van der Waals surface area (Å²) in [7, 11) is 0. The lowest BCUT2D eigenvalue weighted by Gasteiger charge is -1.76. The molecular formula is C9H19NS2. The molecule has 12 heavy (non-hydrogen) atoms. The van der Waals surface area contributed by atoms with Gasteiger partial charge < -0.3 is 0 Å². The van der Waals surface area contributed by atoms with E-state index in [1.54, 1.807) is 11.3 Å². The van der Waals surface area contributed by atoms with Gasteiger partial charge in [0.2, 0.25) is 0 Å². The molecule has 1 heterocycles. The molecule has 0 unspecified atom stereocenters. The number of thiol groups is 1. The van der Waals surface area contributed by atoms with Crippen molar-refractivity contribution >= 4 is 24.0 Å². The van der Waals surface area contributed by atoms with Gasteiger partial charge in [0.15, 0.2) is 0 Å². The van der Waals surface area contributed by atoms with E-state index in [-0.39, 0.29) is 0 Å². The fourth-order valence-corrected chi connectivity index (χ4v) is 1.62. The largest absolute Gasteiger partial charge is 0.246 e. The number of hydrogen-bond donors (Lipinski definition) is 1. The normalized spacial score (nSPS) is 7.58. The molecule has 0 aliphatic carbocycles. The van der Waals surface area contributed by atoms with Crippen LogP contribution in [-0.2, 0) is 0 Å². The van der Waals surface area contributed by atoms with Gasteiger partial charge in [0.1, 0.15) is 0 Å². The number of nitrogens with zero attached hydrogens (tertiary/aromatic N) is 1. The van der Waals surface area contributed by atoms with E-state index >= 15 is 0 Å². The summed E-state index contributed by atoms with van der Waals surface area (Å²) >= 11 is 5.80. The highest BCUT2D eigenvalue weighted by Gasteiger charge is 1.96. The van der Waals surface area contributed by atoms with Gasteiger partial charge >= 0.3 is 0 Å². The second-order valence-corrected chi connectivity index (χ2v) is 3.58. The maximum absolute atomic E-state index is 4.17. The predicted octanol–water partition coefficient (Wildman–Crippen LogP) is 4.10. The van der Waals surface area contributed by atoms with Gasteiger partial charge in [-0.25, -0.2) is 4.98 Å². The van der Waals surface area contributed by atoms with E-state index in [1.807, 2.05) is 41.5 Å². The van der Waals surface area contributed by atoms with E-state index in [0.717, 1.165) is 14.9 Å². The van der Waals surface area contributed by atoms with E-state index in [0.29, 0.717) is 0 Å². The molecule has 1 aromatic heterocycles. The average molecular weight is 205 g/mol. The van der Waals surface area contributed by atoms with Crippen molar-refractivity contribution in [2.45, 2.75) is 45.8 Å². The average Bonchev–Trinajstić information content (AvgIpc) is 2.37. The summed E-state index contributed by atoms with van der Waals surface area (Å²) in [6.45, 7) is 11.9. The molecule has 3 heteroatoms. The summed E-state index contributed by atoms with van der Waals surface area (Å²) in [6.07, 6.45) is 0. The van der Waals surface area contributed by atoms with Crippen LogP contribution in [0.3, 0.4) is 0 Å². The van der Waals surface area contributed by atoms with E-state index < -0.39 is 0 Å². The van der Waals surface area contributed by atoms with Gasteiger partial charge in [0.05, 0.1) is 14.9 Å². The lowest BCUT2D eigenvalue weighted by atomic mass is 10.6. The molecular weight excluding hydrogens is 186 g/mol. The SMILES string of the molecule is CC.CC.Cc1nc(C)c(S)s1. The van der Waals surface area contributed by atoms with Gasteiger partial charge in [-0.2, -0.15) is 0 Å². The molecule has 0 amide bonds. The highest BCUT2D eigenvalue weighted by molar-refractivity contribution is 7.82. The highest BCUT2D eigenvalue weighted by atomic mass is 32.2. The first-order valence-corrected chi connectivity index (χ1v) is 5.59. The van der Waals surface area contributed by atoms with Gasteiger partial charge in [0.25, 0.3) is 0 Å². The molecule has 0 bridgehead atoms. The number of aryl methyl sites for hydroxylation is 2. The first-order chi connectivity index (χ1) is 5.70. The van der Waals surface area contributed by atoms with E-state index in [4.69, 9.17) is 0 Å². The molecule has 0 saturated carbocycles. The molecule has 0 aliphatic rings. The third-order valence-electron chi connectivity index (χ3n) is 0.879. The first-order valence-electron chi connectivity index (χ1n) is 4.33. The quantitative estimate of drug-likeness (QED) is 0.629. The second kappa shape index (κ2) is 9.07. The summed E-state index contributed by atoms with van der Waals surface area (Å²) in [5.74, 6) is 0. The monoisotopic (exact) mass is 205 g/mol. The zero-order chi connectivity index (χ0) is 10.1. The summed E-state index contributed by atoms with van der Waals surface area (Å²) in [5.41, 5.74) is 1.04. The van der Waals surface area contributed by atoms with Crippen molar-refractivity contribution in [1.82, 2.24) is 4.98 Å². The summed E-state index contributed by atoms with van der Waals surface area (Å²) < 4.78 is 1.03. The number of hydrogen-bond acceptors (Lipinski definition) is 3. The minimum absolute atomic E-state index is 1.03. The van der Waals surface area contributed by atoms with Crippen LogP contribution in [0.25, 0.3) is 0 Å². The molecule has 0 saturated heterocycles. The number of aromatic nitrogens is 1. The van der Waals surface area contributed by atoms with Crippen molar-refractivity contribution in [3.05, 3.63) is 10.7 Å². The third-order valence-corrected chi connectivity index (χ3v) is 2.35. The van der Waals surface area contributed by atoms with Gasteiger partial charge in [-0.1, -0.05) is 27.7 Å². The summed E-state index contributed by atoms with van der Waals surface area (Å²) in [5, 5.41) is 1.09. The Hall–Kier alpha value is -0.0200. The van der Waals surface area contributed by atoms with Crippen LogP contribution >= 0.6 is 24.0 Å². The van der Waals surface area contributed by atoms with Crippen LogP contribution in [0.1, 0.15) is 38.4 Å². The van der Waals surface area contributed by atoms with Gasteiger partial charge in [-0.15, -0.1) is 24.0 Å². The van der Waals surface area contributed by atoms with Crippen molar-refractivity contribution in [2.24, 2.45) is 0 Å². The lowest BCUT2D eigenvalue weighted by molar-refractivity contribution is 1.16. The first kappa shape index (κ1) is 14.5. The number of rotatable bonds is 0. The predicted molar refractivity (Wildman–Crippen MR) is 61.5 cm³/mol. The van der Waals surface area contributed by atoms with Gasteiger partial charge in [0, 0.05) is 0 Å². The standard InChI is InChI=1S/C5H7NS2.2C2H6/c1-3-5(7)8-4(2)6-3;2*1-2/h7H,1-2H3;2*1-2H3. The Morgan fingerprint density at radius 1 is 1.08 bits per heavy atom. The highest BCUT2D eigenvalue weighted by Crippen LogP contribution is 2.19. The van der Waals surface area contributed by atoms with Crippen LogP contribution < -0.4 is 0 Å². The molecule has 0 radical (unpaired) electrons. The van der Waals surface area contributed by atoms with Crippen molar-refractivity contribution in [3.8, 4) is 0 Å². The molecule has 0 aliphatic heterocycles. The summed E-state index contributed by atoms with van der Waals surface area (Å²) in [6, 6.07) is 0. The maximum atomic E-state index is 4.17. The minimum atomic E-state index is 1.03. The Kier molecular flexibility index (Phi) is 11.0. The van der Waals surface area contributed by atoms with Gasteiger partial charge in [-0.05, 0) is 13.8 Å². The minimum Gasteiger partial charge on any atom is -0.246 e.